The second-order valence-corrected chi connectivity index (χ2v) is 5.78. The first-order valence-corrected chi connectivity index (χ1v) is 7.84. The molecule has 0 aliphatic rings. The van der Waals surface area contributed by atoms with Gasteiger partial charge in [0.2, 0.25) is 16.3 Å². The first kappa shape index (κ1) is 19.0. The third-order valence-electron chi connectivity index (χ3n) is 2.39. The molecule has 9 nitrogen and oxygen atoms in total. The van der Waals surface area contributed by atoms with Crippen molar-refractivity contribution in [3.63, 3.8) is 0 Å². The Kier molecular flexibility index (Phi) is 6.63. The van der Waals surface area contributed by atoms with E-state index in [0.29, 0.717) is 10.7 Å². The van der Waals surface area contributed by atoms with Crippen LogP contribution in [0.2, 0.25) is 5.02 Å². The molecule has 0 fully saturated rings. The molecule has 0 saturated carbocycles. The quantitative estimate of drug-likeness (QED) is 0.480. The van der Waals surface area contributed by atoms with E-state index in [1.54, 1.807) is 21.5 Å². The van der Waals surface area contributed by atoms with Gasteiger partial charge in [-0.15, -0.1) is 9.36 Å². The third-order valence-corrected chi connectivity index (χ3v) is 3.11. The molecule has 2 rings (SSSR count). The van der Waals surface area contributed by atoms with Gasteiger partial charge in [0, 0.05) is 13.0 Å². The molecule has 0 radical (unpaired) electrons. The minimum absolute atomic E-state index is 0.148. The highest BCUT2D eigenvalue weighted by Gasteiger charge is 2.09. The van der Waals surface area contributed by atoms with Crippen molar-refractivity contribution in [2.24, 2.45) is 7.05 Å². The van der Waals surface area contributed by atoms with Gasteiger partial charge in [-0.3, -0.25) is 8.98 Å². The van der Waals surface area contributed by atoms with Crippen molar-refractivity contribution >= 4 is 33.6 Å². The molecule has 0 spiro atoms. The normalized spacial score (nSPS) is 10.7. The lowest BCUT2D eigenvalue weighted by Crippen LogP contribution is -2.30. The highest BCUT2D eigenvalue weighted by atomic mass is 35.5. The van der Waals surface area contributed by atoms with Gasteiger partial charge in [0.05, 0.1) is 23.0 Å². The van der Waals surface area contributed by atoms with Crippen LogP contribution in [0.4, 0.5) is 5.69 Å². The molecular weight excluding hydrogens is 348 g/mol. The highest BCUT2D eigenvalue weighted by Crippen LogP contribution is 2.24. The predicted octanol–water partition coefficient (Wildman–Crippen LogP) is 0.402. The summed E-state index contributed by atoms with van der Waals surface area (Å²) in [5, 5.41) is 7.33. The average molecular weight is 363 g/mol. The summed E-state index contributed by atoms with van der Waals surface area (Å²) in [5.41, 5.74) is 1.43. The number of aryl methyl sites for hydroxylation is 1. The fourth-order valence-electron chi connectivity index (χ4n) is 1.45. The number of nitrogens with one attached hydrogen (secondary N) is 1. The van der Waals surface area contributed by atoms with Gasteiger partial charge in [0.15, 0.2) is 18.1 Å². The van der Waals surface area contributed by atoms with E-state index < -0.39 is 10.4 Å². The Labute approximate surface area is 138 Å². The minimum atomic E-state index is -4.41. The van der Waals surface area contributed by atoms with E-state index in [4.69, 9.17) is 11.6 Å². The van der Waals surface area contributed by atoms with E-state index in [1.165, 1.54) is 6.92 Å². The Morgan fingerprint density at radius 2 is 2.09 bits per heavy atom. The van der Waals surface area contributed by atoms with Crippen LogP contribution in [0.25, 0.3) is 5.69 Å². The third kappa shape index (κ3) is 6.74. The number of amides is 1. The molecule has 1 aromatic heterocycles. The van der Waals surface area contributed by atoms with Crippen LogP contribution in [0.5, 0.6) is 0 Å². The summed E-state index contributed by atoms with van der Waals surface area (Å²) in [6.45, 7) is 1.44. The van der Waals surface area contributed by atoms with Crippen LogP contribution in [0.15, 0.2) is 30.6 Å². The van der Waals surface area contributed by atoms with Gasteiger partial charge in [0.1, 0.15) is 7.05 Å². The zero-order valence-corrected chi connectivity index (χ0v) is 14.1. The van der Waals surface area contributed by atoms with Crippen molar-refractivity contribution in [1.29, 1.82) is 0 Å². The SMILES string of the molecule is CC(=O)Nc1ccc(-n2cc[n+](C)n2)cc1Cl.COS(=O)(=O)[O-]. The van der Waals surface area contributed by atoms with Crippen LogP contribution >= 0.6 is 11.6 Å². The largest absolute Gasteiger partial charge is 0.726 e. The van der Waals surface area contributed by atoms with Gasteiger partial charge in [-0.05, 0) is 12.1 Å². The molecule has 126 valence electrons. The average Bonchev–Trinajstić information content (AvgIpc) is 2.87. The topological polar surface area (TPSA) is 117 Å². The zero-order valence-electron chi connectivity index (χ0n) is 12.6. The molecule has 0 saturated heterocycles. The summed E-state index contributed by atoms with van der Waals surface area (Å²) in [6.07, 6.45) is 3.65. The maximum atomic E-state index is 10.9. The number of carbonyl (C=O) groups excluding carboxylic acids is 1. The standard InChI is InChI=1S/C11H11ClN4O.CH4O4S/c1-8(17)13-11-4-3-9(7-10(11)12)16-6-5-15(2)14-16;1-5-6(2,3)4/h3-7H,1-2H3;1H3,(H,2,3,4). The number of halogens is 1. The molecule has 0 atom stereocenters. The number of aromatic nitrogens is 3. The molecule has 1 aromatic carbocycles. The fraction of sp³-hybridized carbons (Fsp3) is 0.250. The van der Waals surface area contributed by atoms with E-state index in [1.807, 2.05) is 25.5 Å². The number of anilines is 1. The Morgan fingerprint density at radius 3 is 2.48 bits per heavy atom. The molecule has 2 aromatic rings. The molecule has 1 amide bonds. The lowest BCUT2D eigenvalue weighted by molar-refractivity contribution is -0.731. The van der Waals surface area contributed by atoms with Crippen LogP contribution in [0.3, 0.4) is 0 Å². The smallest absolute Gasteiger partial charge is 0.221 e. The summed E-state index contributed by atoms with van der Waals surface area (Å²) >= 11 is 6.07. The van der Waals surface area contributed by atoms with Crippen LogP contribution in [-0.2, 0) is 26.4 Å². The van der Waals surface area contributed by atoms with Gasteiger partial charge >= 0.3 is 0 Å². The Morgan fingerprint density at radius 1 is 1.48 bits per heavy atom. The molecule has 11 heteroatoms. The van der Waals surface area contributed by atoms with Crippen molar-refractivity contribution in [2.75, 3.05) is 12.4 Å². The Bertz CT molecular complexity index is 790. The molecule has 0 unspecified atom stereocenters. The van der Waals surface area contributed by atoms with Crippen LogP contribution < -0.4 is 10.00 Å². The maximum absolute atomic E-state index is 10.9. The Hall–Kier alpha value is -2.01. The van der Waals surface area contributed by atoms with E-state index in [0.717, 1.165) is 12.8 Å². The first-order chi connectivity index (χ1) is 10.6. The van der Waals surface area contributed by atoms with Crippen LogP contribution in [0.1, 0.15) is 6.92 Å². The summed E-state index contributed by atoms with van der Waals surface area (Å²) in [4.78, 5) is 10.9. The second kappa shape index (κ2) is 8.02. The van der Waals surface area contributed by atoms with Gasteiger partial charge < -0.3 is 9.87 Å². The molecule has 1 heterocycles. The van der Waals surface area contributed by atoms with Crippen molar-refractivity contribution in [3.05, 3.63) is 35.6 Å². The number of rotatable bonds is 3. The van der Waals surface area contributed by atoms with Crippen molar-refractivity contribution < 1.29 is 26.6 Å². The fourth-order valence-corrected chi connectivity index (χ4v) is 1.67. The van der Waals surface area contributed by atoms with Gasteiger partial charge in [0.25, 0.3) is 0 Å². The molecule has 0 aliphatic carbocycles. The molecular formula is C12H15ClN4O5S. The van der Waals surface area contributed by atoms with Crippen molar-refractivity contribution in [1.82, 2.24) is 9.90 Å². The lowest BCUT2D eigenvalue weighted by atomic mass is 10.3. The second-order valence-electron chi connectivity index (χ2n) is 4.23. The van der Waals surface area contributed by atoms with E-state index >= 15 is 0 Å². The number of hydrogen-bond acceptors (Lipinski definition) is 6. The molecule has 0 aliphatic heterocycles. The maximum Gasteiger partial charge on any atom is 0.221 e. The van der Waals surface area contributed by atoms with Gasteiger partial charge in [-0.1, -0.05) is 11.6 Å². The van der Waals surface area contributed by atoms with E-state index in [2.05, 4.69) is 14.7 Å². The number of carbonyl (C=O) groups is 1. The summed E-state index contributed by atoms with van der Waals surface area (Å²) in [6, 6.07) is 5.34. The molecule has 1 N–H and O–H groups in total. The number of benzene rings is 1. The summed E-state index contributed by atoms with van der Waals surface area (Å²) in [7, 11) is -1.77. The Balaban J connectivity index is 0.000000379. The van der Waals surface area contributed by atoms with Gasteiger partial charge in [-0.2, -0.15) is 0 Å². The number of hydrogen-bond donors (Lipinski definition) is 1. The van der Waals surface area contributed by atoms with Crippen LogP contribution in [-0.4, -0.2) is 35.9 Å². The minimum Gasteiger partial charge on any atom is -0.726 e. The lowest BCUT2D eigenvalue weighted by Gasteiger charge is -2.04. The predicted molar refractivity (Wildman–Crippen MR) is 80.8 cm³/mol. The number of nitrogens with zero attached hydrogens (tertiary/aromatic N) is 3. The monoisotopic (exact) mass is 362 g/mol. The molecule has 23 heavy (non-hydrogen) atoms. The van der Waals surface area contributed by atoms with E-state index in [9.17, 15) is 17.8 Å². The van der Waals surface area contributed by atoms with Crippen LogP contribution in [0, 0.1) is 0 Å². The summed E-state index contributed by atoms with van der Waals surface area (Å²) < 4.78 is 34.4. The van der Waals surface area contributed by atoms with Crippen molar-refractivity contribution in [3.8, 4) is 5.69 Å². The van der Waals surface area contributed by atoms with E-state index in [-0.39, 0.29) is 5.91 Å². The summed E-state index contributed by atoms with van der Waals surface area (Å²) in [5.74, 6) is -0.148. The first-order valence-electron chi connectivity index (χ1n) is 6.13. The van der Waals surface area contributed by atoms with Gasteiger partial charge in [-0.25, -0.2) is 8.42 Å². The molecule has 0 bridgehead atoms. The van der Waals surface area contributed by atoms with Crippen molar-refractivity contribution in [2.45, 2.75) is 6.92 Å². The highest BCUT2D eigenvalue weighted by molar-refractivity contribution is 7.80. The zero-order chi connectivity index (χ0) is 17.6.